The SMILES string of the molecule is CC(C)(C)OC(=O)Nc1cc(C(NC(=O)CCC(F)(F)F)C2CC2)ccn1. The number of rotatable bonds is 6. The third-order valence-corrected chi connectivity index (χ3v) is 3.82. The van der Waals surface area contributed by atoms with Crippen molar-refractivity contribution >= 4 is 17.8 Å². The third-order valence-electron chi connectivity index (χ3n) is 3.82. The highest BCUT2D eigenvalue weighted by molar-refractivity contribution is 5.83. The number of nitrogens with one attached hydrogen (secondary N) is 2. The van der Waals surface area contributed by atoms with Gasteiger partial charge in [-0.05, 0) is 57.2 Å². The van der Waals surface area contributed by atoms with Gasteiger partial charge in [0.2, 0.25) is 5.91 Å². The Morgan fingerprint density at radius 1 is 1.30 bits per heavy atom. The Morgan fingerprint density at radius 2 is 1.96 bits per heavy atom. The van der Waals surface area contributed by atoms with Crippen LogP contribution in [0.2, 0.25) is 0 Å². The molecule has 1 fully saturated rings. The summed E-state index contributed by atoms with van der Waals surface area (Å²) < 4.78 is 42.1. The van der Waals surface area contributed by atoms with E-state index in [1.54, 1.807) is 32.9 Å². The van der Waals surface area contributed by atoms with E-state index in [0.717, 1.165) is 12.8 Å². The first kappa shape index (κ1) is 21.0. The van der Waals surface area contributed by atoms with Crippen molar-refractivity contribution in [3.8, 4) is 0 Å². The highest BCUT2D eigenvalue weighted by Gasteiger charge is 2.35. The van der Waals surface area contributed by atoms with Crippen LogP contribution in [-0.2, 0) is 9.53 Å². The average molecular weight is 387 g/mol. The van der Waals surface area contributed by atoms with Crippen molar-refractivity contribution in [2.24, 2.45) is 5.92 Å². The number of halogens is 3. The van der Waals surface area contributed by atoms with Crippen LogP contribution in [0.1, 0.15) is 58.1 Å². The molecule has 1 saturated carbocycles. The zero-order valence-electron chi connectivity index (χ0n) is 15.5. The number of carbonyl (C=O) groups excluding carboxylic acids is 2. The minimum atomic E-state index is -4.37. The molecular weight excluding hydrogens is 363 g/mol. The minimum absolute atomic E-state index is 0.164. The van der Waals surface area contributed by atoms with Crippen molar-refractivity contribution < 1.29 is 27.5 Å². The monoisotopic (exact) mass is 387 g/mol. The molecule has 2 amide bonds. The molecule has 1 aliphatic rings. The quantitative estimate of drug-likeness (QED) is 0.761. The molecule has 0 spiro atoms. The number of nitrogens with zero attached hydrogens (tertiary/aromatic N) is 1. The summed E-state index contributed by atoms with van der Waals surface area (Å²) in [5, 5.41) is 5.19. The van der Waals surface area contributed by atoms with Crippen LogP contribution in [0.3, 0.4) is 0 Å². The third kappa shape index (κ3) is 7.84. The Morgan fingerprint density at radius 3 is 2.52 bits per heavy atom. The number of hydrogen-bond donors (Lipinski definition) is 2. The van der Waals surface area contributed by atoms with Crippen LogP contribution in [-0.4, -0.2) is 28.8 Å². The molecule has 0 radical (unpaired) electrons. The molecule has 1 aromatic rings. The molecule has 6 nitrogen and oxygen atoms in total. The van der Waals surface area contributed by atoms with Crippen molar-refractivity contribution in [3.63, 3.8) is 0 Å². The lowest BCUT2D eigenvalue weighted by molar-refractivity contribution is -0.144. The van der Waals surface area contributed by atoms with E-state index in [-0.39, 0.29) is 11.7 Å². The molecule has 1 atom stereocenters. The summed E-state index contributed by atoms with van der Waals surface area (Å²) >= 11 is 0. The Bertz CT molecular complexity index is 682. The van der Waals surface area contributed by atoms with E-state index < -0.39 is 42.7 Å². The van der Waals surface area contributed by atoms with Gasteiger partial charge in [0.1, 0.15) is 11.4 Å². The molecule has 150 valence electrons. The van der Waals surface area contributed by atoms with E-state index in [1.807, 2.05) is 0 Å². The van der Waals surface area contributed by atoms with Crippen LogP contribution in [0.15, 0.2) is 18.3 Å². The smallest absolute Gasteiger partial charge is 0.413 e. The van der Waals surface area contributed by atoms with Crippen LogP contribution in [0.5, 0.6) is 0 Å². The normalized spacial score (nSPS) is 15.8. The van der Waals surface area contributed by atoms with Crippen LogP contribution >= 0.6 is 0 Å². The number of hydrogen-bond acceptors (Lipinski definition) is 4. The number of alkyl halides is 3. The molecule has 9 heteroatoms. The second kappa shape index (κ2) is 8.14. The Kier molecular flexibility index (Phi) is 6.33. The highest BCUT2D eigenvalue weighted by atomic mass is 19.4. The van der Waals surface area contributed by atoms with E-state index >= 15 is 0 Å². The maximum Gasteiger partial charge on any atom is 0.413 e. The molecule has 1 unspecified atom stereocenters. The van der Waals surface area contributed by atoms with Crippen molar-refractivity contribution in [1.29, 1.82) is 0 Å². The maximum atomic E-state index is 12.3. The van der Waals surface area contributed by atoms with Gasteiger partial charge in [0.05, 0.1) is 12.5 Å². The van der Waals surface area contributed by atoms with Gasteiger partial charge in [-0.3, -0.25) is 10.1 Å². The van der Waals surface area contributed by atoms with Crippen molar-refractivity contribution in [1.82, 2.24) is 10.3 Å². The lowest BCUT2D eigenvalue weighted by Crippen LogP contribution is -2.31. The molecule has 1 aliphatic carbocycles. The zero-order valence-corrected chi connectivity index (χ0v) is 15.5. The molecule has 0 saturated heterocycles. The molecule has 0 bridgehead atoms. The predicted molar refractivity (Wildman–Crippen MR) is 93.0 cm³/mol. The zero-order chi connectivity index (χ0) is 20.2. The summed E-state index contributed by atoms with van der Waals surface area (Å²) in [6, 6.07) is 2.86. The topological polar surface area (TPSA) is 80.3 Å². The summed E-state index contributed by atoms with van der Waals surface area (Å²) in [5.41, 5.74) is 0.0175. The van der Waals surface area contributed by atoms with Crippen LogP contribution in [0, 0.1) is 5.92 Å². The molecule has 27 heavy (non-hydrogen) atoms. The van der Waals surface area contributed by atoms with E-state index in [4.69, 9.17) is 4.74 Å². The first-order valence-electron chi connectivity index (χ1n) is 8.75. The number of ether oxygens (including phenoxy) is 1. The minimum Gasteiger partial charge on any atom is -0.444 e. The van der Waals surface area contributed by atoms with Gasteiger partial charge in [-0.1, -0.05) is 0 Å². The number of amides is 2. The number of anilines is 1. The number of aromatic nitrogens is 1. The molecule has 2 N–H and O–H groups in total. The van der Waals surface area contributed by atoms with Gasteiger partial charge >= 0.3 is 12.3 Å². The van der Waals surface area contributed by atoms with Crippen LogP contribution < -0.4 is 10.6 Å². The Balaban J connectivity index is 2.03. The van der Waals surface area contributed by atoms with E-state index in [0.29, 0.717) is 5.56 Å². The van der Waals surface area contributed by atoms with Crippen molar-refractivity contribution in [2.75, 3.05) is 5.32 Å². The summed E-state index contributed by atoms with van der Waals surface area (Å²) in [6.45, 7) is 5.20. The predicted octanol–water partition coefficient (Wildman–Crippen LogP) is 4.34. The molecule has 0 aliphatic heterocycles. The van der Waals surface area contributed by atoms with Gasteiger partial charge < -0.3 is 10.1 Å². The Hall–Kier alpha value is -2.32. The lowest BCUT2D eigenvalue weighted by Gasteiger charge is -2.21. The fourth-order valence-corrected chi connectivity index (χ4v) is 2.52. The molecule has 0 aromatic carbocycles. The Labute approximate surface area is 155 Å². The summed E-state index contributed by atoms with van der Waals surface area (Å²) in [5.74, 6) is -0.240. The van der Waals surface area contributed by atoms with Gasteiger partial charge in [0.15, 0.2) is 0 Å². The van der Waals surface area contributed by atoms with Crippen LogP contribution in [0.25, 0.3) is 0 Å². The van der Waals surface area contributed by atoms with Gasteiger partial charge in [-0.2, -0.15) is 13.2 Å². The van der Waals surface area contributed by atoms with Gasteiger partial charge in [0, 0.05) is 12.6 Å². The molecule has 1 aromatic heterocycles. The van der Waals surface area contributed by atoms with Crippen molar-refractivity contribution in [3.05, 3.63) is 23.9 Å². The van der Waals surface area contributed by atoms with Gasteiger partial charge in [0.25, 0.3) is 0 Å². The fraction of sp³-hybridized carbons (Fsp3) is 0.611. The van der Waals surface area contributed by atoms with Crippen molar-refractivity contribution in [2.45, 2.75) is 64.3 Å². The standard InChI is InChI=1S/C18H24F3N3O3/c1-17(2,3)27-16(26)23-13-10-12(7-9-22-13)15(11-4-5-11)24-14(25)6-8-18(19,20)21/h7,9-11,15H,4-6,8H2,1-3H3,(H,24,25)(H,22,23,26). The summed E-state index contributed by atoms with van der Waals surface area (Å²) in [6.07, 6.45) is -3.57. The van der Waals surface area contributed by atoms with E-state index in [9.17, 15) is 22.8 Å². The summed E-state index contributed by atoms with van der Waals surface area (Å²) in [4.78, 5) is 27.8. The first-order chi connectivity index (χ1) is 12.4. The second-order valence-corrected chi connectivity index (χ2v) is 7.60. The number of pyridine rings is 1. The molecule has 1 heterocycles. The van der Waals surface area contributed by atoms with E-state index in [1.165, 1.54) is 6.20 Å². The van der Waals surface area contributed by atoms with E-state index in [2.05, 4.69) is 15.6 Å². The van der Waals surface area contributed by atoms with Crippen LogP contribution in [0.4, 0.5) is 23.8 Å². The maximum absolute atomic E-state index is 12.3. The molecule has 2 rings (SSSR count). The number of carbonyl (C=O) groups is 2. The first-order valence-corrected chi connectivity index (χ1v) is 8.75. The molecular formula is C18H24F3N3O3. The highest BCUT2D eigenvalue weighted by Crippen LogP contribution is 2.41. The average Bonchev–Trinajstić information content (AvgIpc) is 3.33. The largest absolute Gasteiger partial charge is 0.444 e. The lowest BCUT2D eigenvalue weighted by atomic mass is 10.0. The summed E-state index contributed by atoms with van der Waals surface area (Å²) in [7, 11) is 0. The second-order valence-electron chi connectivity index (χ2n) is 7.60. The fourth-order valence-electron chi connectivity index (χ4n) is 2.52. The van der Waals surface area contributed by atoms with Gasteiger partial charge in [-0.15, -0.1) is 0 Å². The van der Waals surface area contributed by atoms with Gasteiger partial charge in [-0.25, -0.2) is 9.78 Å².